The molecule has 2 saturated heterocycles. The molecule has 1 aromatic carbocycles. The van der Waals surface area contributed by atoms with Crippen molar-refractivity contribution in [3.05, 3.63) is 45.7 Å². The van der Waals surface area contributed by atoms with Crippen molar-refractivity contribution in [2.24, 2.45) is 11.8 Å². The molecule has 2 aromatic heterocycles. The number of hydrogen-bond acceptors (Lipinski definition) is 7. The Bertz CT molecular complexity index is 1390. The number of carbonyl (C=O) groups excluding carboxylic acids is 1. The van der Waals surface area contributed by atoms with Crippen LogP contribution in [0.25, 0.3) is 11.2 Å². The number of fused-ring (bicyclic) bond motifs is 1. The van der Waals surface area contributed by atoms with Crippen LogP contribution in [0.15, 0.2) is 24.4 Å². The summed E-state index contributed by atoms with van der Waals surface area (Å²) in [5, 5.41) is 15.3. The van der Waals surface area contributed by atoms with E-state index in [1.165, 1.54) is 12.8 Å². The maximum Gasteiger partial charge on any atom is 0.222 e. The van der Waals surface area contributed by atoms with Crippen LogP contribution in [0.5, 0.6) is 0 Å². The average molecular weight is 570 g/mol. The predicted molar refractivity (Wildman–Crippen MR) is 153 cm³/mol. The Morgan fingerprint density at radius 1 is 1.23 bits per heavy atom. The summed E-state index contributed by atoms with van der Waals surface area (Å²) in [5.41, 5.74) is 2.16. The van der Waals surface area contributed by atoms with Gasteiger partial charge in [0, 0.05) is 50.2 Å². The van der Waals surface area contributed by atoms with E-state index in [1.807, 2.05) is 27.1 Å². The highest BCUT2D eigenvalue weighted by Crippen LogP contribution is 2.35. The molecule has 2 aliphatic rings. The minimum atomic E-state index is -0.255. The summed E-state index contributed by atoms with van der Waals surface area (Å²) in [5.74, 6) is 2.26. The summed E-state index contributed by atoms with van der Waals surface area (Å²) in [4.78, 5) is 27.9. The van der Waals surface area contributed by atoms with Crippen LogP contribution in [0.4, 0.5) is 5.82 Å². The quantitative estimate of drug-likeness (QED) is 0.391. The van der Waals surface area contributed by atoms with Gasteiger partial charge in [0.2, 0.25) is 5.91 Å². The van der Waals surface area contributed by atoms with Crippen molar-refractivity contribution in [2.75, 3.05) is 51.7 Å². The first-order chi connectivity index (χ1) is 18.7. The van der Waals surface area contributed by atoms with Crippen molar-refractivity contribution < 1.29 is 4.79 Å². The molecule has 0 N–H and O–H groups in total. The highest BCUT2D eigenvalue weighted by atomic mass is 35.5. The molecule has 39 heavy (non-hydrogen) atoms. The zero-order chi connectivity index (χ0) is 27.7. The Hall–Kier alpha value is -2.93. The van der Waals surface area contributed by atoms with E-state index in [2.05, 4.69) is 26.0 Å². The fraction of sp³-hybridized carbons (Fsp3) is 0.536. The van der Waals surface area contributed by atoms with Gasteiger partial charge in [-0.25, -0.2) is 14.6 Å². The number of amides is 1. The summed E-state index contributed by atoms with van der Waals surface area (Å²) >= 11 is 12.6. The fourth-order valence-corrected chi connectivity index (χ4v) is 6.29. The third kappa shape index (κ3) is 5.84. The van der Waals surface area contributed by atoms with Crippen LogP contribution >= 0.6 is 23.2 Å². The number of carbonyl (C=O) groups is 1. The van der Waals surface area contributed by atoms with Gasteiger partial charge in [-0.1, -0.05) is 29.3 Å². The molecule has 3 aromatic rings. The zero-order valence-electron chi connectivity index (χ0n) is 22.6. The number of piperidine rings is 1. The molecule has 2 fully saturated rings. The smallest absolute Gasteiger partial charge is 0.222 e. The number of likely N-dealkylation sites (tertiary alicyclic amines) is 1. The van der Waals surface area contributed by atoms with Crippen LogP contribution in [0, 0.1) is 23.2 Å². The van der Waals surface area contributed by atoms with E-state index >= 15 is 0 Å². The fourth-order valence-electron chi connectivity index (χ4n) is 5.72. The molecule has 1 amide bonds. The largest absolute Gasteiger partial charge is 0.355 e. The van der Waals surface area contributed by atoms with Crippen LogP contribution < -0.4 is 4.90 Å². The van der Waals surface area contributed by atoms with Crippen molar-refractivity contribution in [1.29, 1.82) is 5.26 Å². The van der Waals surface area contributed by atoms with Crippen LogP contribution in [0.1, 0.15) is 49.9 Å². The number of nitrogens with zero attached hydrogens (tertiary/aromatic N) is 8. The second-order valence-corrected chi connectivity index (χ2v) is 11.8. The van der Waals surface area contributed by atoms with E-state index in [-0.39, 0.29) is 17.6 Å². The second kappa shape index (κ2) is 11.7. The normalized spacial score (nSPS) is 19.1. The lowest BCUT2D eigenvalue weighted by atomic mass is 9.80. The first-order valence-corrected chi connectivity index (χ1v) is 14.3. The molecule has 0 aliphatic carbocycles. The summed E-state index contributed by atoms with van der Waals surface area (Å²) in [6.07, 6.45) is 5.72. The molecule has 9 nitrogen and oxygen atoms in total. The summed E-state index contributed by atoms with van der Waals surface area (Å²) in [6, 6.07) is 7.27. The SMILES string of the molecule is CC(c1ccc(Cl)cc1Cl)n1nc(C#N)c2ncc(N3CC([C@H]4CCCN(CCCC(=O)N(C)C)C4)C3)nc21. The molecule has 5 rings (SSSR count). The van der Waals surface area contributed by atoms with Gasteiger partial charge in [0.1, 0.15) is 17.4 Å². The average Bonchev–Trinajstić information content (AvgIpc) is 3.26. The Morgan fingerprint density at radius 3 is 2.74 bits per heavy atom. The summed E-state index contributed by atoms with van der Waals surface area (Å²) in [6.45, 7) is 7.05. The van der Waals surface area contributed by atoms with Gasteiger partial charge in [-0.05, 0) is 68.8 Å². The van der Waals surface area contributed by atoms with Gasteiger partial charge >= 0.3 is 0 Å². The molecule has 4 heterocycles. The van der Waals surface area contributed by atoms with Crippen molar-refractivity contribution >= 4 is 46.1 Å². The van der Waals surface area contributed by atoms with Gasteiger partial charge in [-0.15, -0.1) is 0 Å². The third-order valence-corrected chi connectivity index (χ3v) is 8.64. The molecule has 0 radical (unpaired) electrons. The monoisotopic (exact) mass is 568 g/mol. The van der Waals surface area contributed by atoms with Gasteiger partial charge in [-0.2, -0.15) is 10.4 Å². The van der Waals surface area contributed by atoms with Gasteiger partial charge in [0.15, 0.2) is 11.3 Å². The standard InChI is InChI=1S/C28H34Cl2N8O/c1-18(22-9-8-21(29)12-23(22)30)38-28-27(24(13-31)34-38)32-14-25(33-28)37-16-20(17-37)19-6-4-10-36(15-19)11-5-7-26(39)35(2)3/h8-9,12,14,18-20H,4-7,10-11,15-17H2,1-3H3/t18?,19-/m0/s1. The van der Waals surface area contributed by atoms with Crippen molar-refractivity contribution in [1.82, 2.24) is 29.5 Å². The van der Waals surface area contributed by atoms with E-state index in [9.17, 15) is 10.1 Å². The number of aromatic nitrogens is 4. The van der Waals surface area contributed by atoms with Gasteiger partial charge in [-0.3, -0.25) is 4.79 Å². The second-order valence-electron chi connectivity index (χ2n) is 10.9. The Labute approximate surface area is 239 Å². The molecule has 0 spiro atoms. The number of benzene rings is 1. The molecule has 0 saturated carbocycles. The van der Waals surface area contributed by atoms with Gasteiger partial charge < -0.3 is 14.7 Å². The molecule has 0 bridgehead atoms. The predicted octanol–water partition coefficient (Wildman–Crippen LogP) is 4.63. The lowest BCUT2D eigenvalue weighted by Crippen LogP contribution is -2.54. The maximum atomic E-state index is 11.9. The molecular weight excluding hydrogens is 535 g/mol. The first kappa shape index (κ1) is 27.6. The number of rotatable bonds is 8. The minimum absolute atomic E-state index is 0.199. The highest BCUT2D eigenvalue weighted by molar-refractivity contribution is 6.35. The lowest BCUT2D eigenvalue weighted by Gasteiger charge is -2.47. The molecule has 206 valence electrons. The van der Waals surface area contributed by atoms with Crippen LogP contribution in [-0.4, -0.2) is 82.3 Å². The van der Waals surface area contributed by atoms with E-state index in [4.69, 9.17) is 28.2 Å². The summed E-state index contributed by atoms with van der Waals surface area (Å²) < 4.78 is 1.73. The number of nitriles is 1. The highest BCUT2D eigenvalue weighted by Gasteiger charge is 2.36. The van der Waals surface area contributed by atoms with E-state index in [0.717, 1.165) is 50.5 Å². The van der Waals surface area contributed by atoms with Crippen molar-refractivity contribution in [2.45, 2.75) is 38.6 Å². The van der Waals surface area contributed by atoms with Crippen molar-refractivity contribution in [3.8, 4) is 6.07 Å². The van der Waals surface area contributed by atoms with Crippen molar-refractivity contribution in [3.63, 3.8) is 0 Å². The summed E-state index contributed by atoms with van der Waals surface area (Å²) in [7, 11) is 3.63. The molecule has 11 heteroatoms. The minimum Gasteiger partial charge on any atom is -0.355 e. The maximum absolute atomic E-state index is 11.9. The first-order valence-electron chi connectivity index (χ1n) is 13.5. The van der Waals surface area contributed by atoms with Crippen LogP contribution in [0.2, 0.25) is 10.0 Å². The molecular formula is C28H34Cl2N8O. The molecule has 1 unspecified atom stereocenters. The van der Waals surface area contributed by atoms with E-state index < -0.39 is 0 Å². The Kier molecular flexibility index (Phi) is 8.27. The Balaban J connectivity index is 1.26. The number of halogens is 2. The number of hydrogen-bond donors (Lipinski definition) is 0. The van der Waals surface area contributed by atoms with Crippen LogP contribution in [0.3, 0.4) is 0 Å². The topological polar surface area (TPSA) is 94.2 Å². The van der Waals surface area contributed by atoms with Gasteiger partial charge in [0.25, 0.3) is 0 Å². The van der Waals surface area contributed by atoms with Crippen LogP contribution in [-0.2, 0) is 4.79 Å². The Morgan fingerprint density at radius 2 is 2.03 bits per heavy atom. The van der Waals surface area contributed by atoms with E-state index in [0.29, 0.717) is 39.5 Å². The zero-order valence-corrected chi connectivity index (χ0v) is 24.2. The van der Waals surface area contributed by atoms with Gasteiger partial charge in [0.05, 0.1) is 12.2 Å². The van der Waals surface area contributed by atoms with E-state index in [1.54, 1.807) is 27.9 Å². The number of anilines is 1. The molecule has 2 aliphatic heterocycles. The molecule has 2 atom stereocenters. The third-order valence-electron chi connectivity index (χ3n) is 8.08. The lowest BCUT2D eigenvalue weighted by molar-refractivity contribution is -0.128.